The van der Waals surface area contributed by atoms with Crippen LogP contribution >= 0.6 is 0 Å². The van der Waals surface area contributed by atoms with Crippen LogP contribution in [0.1, 0.15) is 24.0 Å². The molecular formula is C25H30N4O4. The Balaban J connectivity index is 1.30. The SMILES string of the molecule is COc1ccc(CNC(=O)[C@H]2C[C@@H]3CN(C(=O)NCc4ccccc4)CC(=O)N[C@@H]3C2)cc1. The number of hydrogen-bond donors (Lipinski definition) is 3. The Hall–Kier alpha value is -3.55. The van der Waals surface area contributed by atoms with Crippen LogP contribution in [0.25, 0.3) is 0 Å². The minimum Gasteiger partial charge on any atom is -0.497 e. The van der Waals surface area contributed by atoms with Crippen molar-refractivity contribution in [1.82, 2.24) is 20.9 Å². The number of methoxy groups -OCH3 is 1. The maximum absolute atomic E-state index is 12.8. The van der Waals surface area contributed by atoms with Gasteiger partial charge in [0.05, 0.1) is 7.11 Å². The molecule has 4 rings (SSSR count). The number of amides is 4. The molecule has 2 aromatic carbocycles. The van der Waals surface area contributed by atoms with Gasteiger partial charge in [0.2, 0.25) is 11.8 Å². The van der Waals surface area contributed by atoms with E-state index in [4.69, 9.17) is 4.74 Å². The minimum absolute atomic E-state index is 0.0202. The first-order chi connectivity index (χ1) is 16.0. The van der Waals surface area contributed by atoms with Crippen molar-refractivity contribution in [2.45, 2.75) is 32.0 Å². The highest BCUT2D eigenvalue weighted by molar-refractivity contribution is 5.85. The van der Waals surface area contributed by atoms with Crippen LogP contribution in [0.3, 0.4) is 0 Å². The maximum atomic E-state index is 12.8. The van der Waals surface area contributed by atoms with E-state index in [1.807, 2.05) is 54.6 Å². The first-order valence-corrected chi connectivity index (χ1v) is 11.3. The van der Waals surface area contributed by atoms with Crippen molar-refractivity contribution in [3.05, 3.63) is 65.7 Å². The predicted octanol–water partition coefficient (Wildman–Crippen LogP) is 2.05. The quantitative estimate of drug-likeness (QED) is 0.627. The Labute approximate surface area is 193 Å². The fourth-order valence-electron chi connectivity index (χ4n) is 4.61. The molecule has 174 valence electrons. The first-order valence-electron chi connectivity index (χ1n) is 11.3. The molecule has 0 bridgehead atoms. The van der Waals surface area contributed by atoms with E-state index in [0.717, 1.165) is 16.9 Å². The number of carbonyl (C=O) groups is 3. The lowest BCUT2D eigenvalue weighted by Crippen LogP contribution is -2.44. The molecule has 0 unspecified atom stereocenters. The topological polar surface area (TPSA) is 99.8 Å². The van der Waals surface area contributed by atoms with E-state index in [9.17, 15) is 14.4 Å². The summed E-state index contributed by atoms with van der Waals surface area (Å²) in [5, 5.41) is 8.91. The summed E-state index contributed by atoms with van der Waals surface area (Å²) < 4.78 is 5.16. The third-order valence-electron chi connectivity index (χ3n) is 6.40. The van der Waals surface area contributed by atoms with Crippen LogP contribution in [0.15, 0.2) is 54.6 Å². The van der Waals surface area contributed by atoms with E-state index in [2.05, 4.69) is 16.0 Å². The zero-order chi connectivity index (χ0) is 23.2. The lowest BCUT2D eigenvalue weighted by molar-refractivity contribution is -0.125. The van der Waals surface area contributed by atoms with Gasteiger partial charge in [0, 0.05) is 31.6 Å². The number of nitrogens with zero attached hydrogens (tertiary/aromatic N) is 1. The van der Waals surface area contributed by atoms with Gasteiger partial charge in [-0.1, -0.05) is 42.5 Å². The number of ether oxygens (including phenoxy) is 1. The summed E-state index contributed by atoms with van der Waals surface area (Å²) in [6.07, 6.45) is 1.23. The zero-order valence-corrected chi connectivity index (χ0v) is 18.8. The molecule has 1 saturated carbocycles. The highest BCUT2D eigenvalue weighted by Crippen LogP contribution is 2.33. The van der Waals surface area contributed by atoms with Gasteiger partial charge in [-0.05, 0) is 42.0 Å². The third-order valence-corrected chi connectivity index (χ3v) is 6.40. The summed E-state index contributed by atoms with van der Waals surface area (Å²) in [5.74, 6) is 0.431. The van der Waals surface area contributed by atoms with E-state index in [0.29, 0.717) is 32.5 Å². The maximum Gasteiger partial charge on any atom is 0.318 e. The van der Waals surface area contributed by atoms with Gasteiger partial charge < -0.3 is 25.6 Å². The van der Waals surface area contributed by atoms with Crippen molar-refractivity contribution < 1.29 is 19.1 Å². The molecule has 1 aliphatic heterocycles. The first kappa shape index (κ1) is 22.6. The molecule has 1 heterocycles. The van der Waals surface area contributed by atoms with E-state index in [1.54, 1.807) is 12.0 Å². The van der Waals surface area contributed by atoms with E-state index < -0.39 is 0 Å². The van der Waals surface area contributed by atoms with Gasteiger partial charge in [-0.3, -0.25) is 9.59 Å². The van der Waals surface area contributed by atoms with Gasteiger partial charge in [0.1, 0.15) is 12.3 Å². The van der Waals surface area contributed by atoms with Crippen LogP contribution in [0.5, 0.6) is 5.75 Å². The molecular weight excluding hydrogens is 420 g/mol. The summed E-state index contributed by atoms with van der Waals surface area (Å²) in [5.41, 5.74) is 1.99. The van der Waals surface area contributed by atoms with Gasteiger partial charge >= 0.3 is 6.03 Å². The van der Waals surface area contributed by atoms with Crippen molar-refractivity contribution in [2.24, 2.45) is 11.8 Å². The molecule has 0 radical (unpaired) electrons. The summed E-state index contributed by atoms with van der Waals surface area (Å²) in [7, 11) is 1.62. The minimum atomic E-state index is -0.262. The van der Waals surface area contributed by atoms with Gasteiger partial charge in [-0.2, -0.15) is 0 Å². The van der Waals surface area contributed by atoms with Crippen molar-refractivity contribution in [2.75, 3.05) is 20.2 Å². The second kappa shape index (κ2) is 10.4. The lowest BCUT2D eigenvalue weighted by Gasteiger charge is -2.23. The molecule has 1 aliphatic carbocycles. The molecule has 3 atom stereocenters. The molecule has 4 amide bonds. The standard InChI is InChI=1S/C25H30N4O4/c1-33-21-9-7-18(8-10-21)13-26-24(31)19-11-20-15-29(16-23(30)28-22(20)12-19)25(32)27-14-17-5-3-2-4-6-17/h2-10,19-20,22H,11-16H2,1H3,(H,26,31)(H,27,32)(H,28,30)/t19-,20+,22+/m0/s1. The van der Waals surface area contributed by atoms with Crippen molar-refractivity contribution in [3.63, 3.8) is 0 Å². The second-order valence-electron chi connectivity index (χ2n) is 8.69. The van der Waals surface area contributed by atoms with Crippen LogP contribution in [-0.2, 0) is 22.7 Å². The number of hydrogen-bond acceptors (Lipinski definition) is 4. The molecule has 0 aromatic heterocycles. The molecule has 2 aliphatic rings. The lowest BCUT2D eigenvalue weighted by atomic mass is 10.0. The Morgan fingerprint density at radius 1 is 1.00 bits per heavy atom. The van der Waals surface area contributed by atoms with E-state index in [1.165, 1.54) is 0 Å². The summed E-state index contributed by atoms with van der Waals surface area (Å²) in [6.45, 7) is 1.32. The van der Waals surface area contributed by atoms with Gasteiger partial charge in [-0.25, -0.2) is 4.79 Å². The van der Waals surface area contributed by atoms with Crippen molar-refractivity contribution in [3.8, 4) is 5.75 Å². The number of benzene rings is 2. The van der Waals surface area contributed by atoms with Crippen LogP contribution in [0, 0.1) is 11.8 Å². The number of rotatable bonds is 6. The number of carbonyl (C=O) groups excluding carboxylic acids is 3. The van der Waals surface area contributed by atoms with Crippen LogP contribution in [0.2, 0.25) is 0 Å². The fourth-order valence-corrected chi connectivity index (χ4v) is 4.61. The van der Waals surface area contributed by atoms with E-state index >= 15 is 0 Å². The van der Waals surface area contributed by atoms with E-state index in [-0.39, 0.29) is 42.3 Å². The summed E-state index contributed by atoms with van der Waals surface area (Å²) >= 11 is 0. The molecule has 2 aromatic rings. The fraction of sp³-hybridized carbons (Fsp3) is 0.400. The normalized spacial score (nSPS) is 22.0. The molecule has 8 nitrogen and oxygen atoms in total. The molecule has 2 fully saturated rings. The van der Waals surface area contributed by atoms with Crippen molar-refractivity contribution >= 4 is 17.8 Å². The number of fused-ring (bicyclic) bond motifs is 1. The third kappa shape index (κ3) is 5.83. The molecule has 0 spiro atoms. The number of urea groups is 1. The highest BCUT2D eigenvalue weighted by atomic mass is 16.5. The molecule has 33 heavy (non-hydrogen) atoms. The summed E-state index contributed by atoms with van der Waals surface area (Å²) in [6, 6.07) is 16.9. The average molecular weight is 451 g/mol. The smallest absolute Gasteiger partial charge is 0.318 e. The molecule has 3 N–H and O–H groups in total. The average Bonchev–Trinajstić information content (AvgIpc) is 3.16. The Kier molecular flexibility index (Phi) is 7.12. The Morgan fingerprint density at radius 3 is 2.42 bits per heavy atom. The van der Waals surface area contributed by atoms with Crippen LogP contribution in [-0.4, -0.2) is 49.0 Å². The van der Waals surface area contributed by atoms with Gasteiger partial charge in [0.25, 0.3) is 0 Å². The monoisotopic (exact) mass is 450 g/mol. The molecule has 8 heteroatoms. The number of nitrogens with one attached hydrogen (secondary N) is 3. The highest BCUT2D eigenvalue weighted by Gasteiger charge is 2.42. The predicted molar refractivity (Wildman–Crippen MR) is 123 cm³/mol. The van der Waals surface area contributed by atoms with Crippen LogP contribution < -0.4 is 20.7 Å². The second-order valence-corrected chi connectivity index (χ2v) is 8.69. The zero-order valence-electron chi connectivity index (χ0n) is 18.8. The largest absolute Gasteiger partial charge is 0.497 e. The molecule has 1 saturated heterocycles. The van der Waals surface area contributed by atoms with Crippen LogP contribution in [0.4, 0.5) is 4.79 Å². The Morgan fingerprint density at radius 2 is 1.70 bits per heavy atom. The summed E-state index contributed by atoms with van der Waals surface area (Å²) in [4.78, 5) is 39.5. The van der Waals surface area contributed by atoms with Crippen molar-refractivity contribution in [1.29, 1.82) is 0 Å². The Bertz CT molecular complexity index is 980. The van der Waals surface area contributed by atoms with Gasteiger partial charge in [0.15, 0.2) is 0 Å². The van der Waals surface area contributed by atoms with Gasteiger partial charge in [-0.15, -0.1) is 0 Å².